The minimum Gasteiger partial charge on any atom is -0.480 e. The summed E-state index contributed by atoms with van der Waals surface area (Å²) in [5, 5.41) is 26.7. The van der Waals surface area contributed by atoms with Crippen LogP contribution in [0.1, 0.15) is 79.1 Å². The molecule has 0 bridgehead atoms. The molecule has 8 heteroatoms. The number of carbonyl (C=O) groups is 3. The number of Topliss-reactive ketones (excluding diaryl/α,β-unsaturated/α-hetero) is 1. The number of aliphatic carboxylic acids is 1. The molecule has 0 radical (unpaired) electrons. The maximum atomic E-state index is 12.4. The standard InChI is InChI=1S/C26H38N2O6/c1-15(23(31)32)27-22(30)14-34-28-18-7-10-24(3)17(13-18)5-6-19-20(24)8-11-25(4)21(19)9-12-26(25,33)16(2)29/h13,15,19-21,33H,5-12,14H2,1-4H3,(H,27,30)(H,31,32)/b28-18-/t15-,19+,20-,21-,24-,25-,26-/m0/s1. The summed E-state index contributed by atoms with van der Waals surface area (Å²) in [6.45, 7) is 7.14. The van der Waals surface area contributed by atoms with Crippen LogP contribution in [-0.2, 0) is 19.2 Å². The zero-order valence-corrected chi connectivity index (χ0v) is 20.7. The van der Waals surface area contributed by atoms with Crippen molar-refractivity contribution in [1.82, 2.24) is 5.32 Å². The fraction of sp³-hybridized carbons (Fsp3) is 0.769. The Labute approximate surface area is 201 Å². The second-order valence-electron chi connectivity index (χ2n) is 11.4. The molecule has 8 nitrogen and oxygen atoms in total. The van der Waals surface area contributed by atoms with E-state index in [0.29, 0.717) is 24.2 Å². The van der Waals surface area contributed by atoms with Crippen LogP contribution in [0.25, 0.3) is 0 Å². The SMILES string of the molecule is CC(=O)[C@@]1(O)CC[C@H]2[C@@H]3CCC4=C/C(=N\OCC(=O)N[C@@H](C)C(=O)O)CC[C@]4(C)[C@H]3CC[C@@]21C. The lowest BCUT2D eigenvalue weighted by atomic mass is 9.46. The van der Waals surface area contributed by atoms with Crippen molar-refractivity contribution in [2.24, 2.45) is 33.7 Å². The summed E-state index contributed by atoms with van der Waals surface area (Å²) in [6.07, 6.45) is 9.29. The van der Waals surface area contributed by atoms with Crippen LogP contribution in [0.15, 0.2) is 16.8 Å². The molecule has 0 heterocycles. The minimum atomic E-state index is -1.18. The number of hydrogen-bond donors (Lipinski definition) is 3. The van der Waals surface area contributed by atoms with Crippen LogP contribution >= 0.6 is 0 Å². The molecule has 0 aromatic heterocycles. The highest BCUT2D eigenvalue weighted by atomic mass is 16.6. The second-order valence-corrected chi connectivity index (χ2v) is 11.4. The lowest BCUT2D eigenvalue weighted by Crippen LogP contribution is -2.57. The van der Waals surface area contributed by atoms with E-state index in [-0.39, 0.29) is 23.2 Å². The average molecular weight is 475 g/mol. The van der Waals surface area contributed by atoms with Gasteiger partial charge in [-0.25, -0.2) is 0 Å². The molecule has 34 heavy (non-hydrogen) atoms. The van der Waals surface area contributed by atoms with Crippen molar-refractivity contribution in [2.75, 3.05) is 6.61 Å². The van der Waals surface area contributed by atoms with E-state index in [4.69, 9.17) is 9.94 Å². The molecule has 188 valence electrons. The average Bonchev–Trinajstić information content (AvgIpc) is 3.06. The zero-order valence-electron chi connectivity index (χ0n) is 20.7. The molecule has 3 N–H and O–H groups in total. The monoisotopic (exact) mass is 474 g/mol. The number of rotatable bonds is 6. The van der Waals surface area contributed by atoms with Gasteiger partial charge in [0, 0.05) is 5.41 Å². The predicted molar refractivity (Wildman–Crippen MR) is 126 cm³/mol. The third kappa shape index (κ3) is 3.88. The molecular formula is C26H38N2O6. The van der Waals surface area contributed by atoms with Crippen LogP contribution in [-0.4, -0.2) is 51.8 Å². The summed E-state index contributed by atoms with van der Waals surface area (Å²) in [7, 11) is 0. The van der Waals surface area contributed by atoms with Crippen LogP contribution in [0, 0.1) is 28.6 Å². The Morgan fingerprint density at radius 3 is 2.53 bits per heavy atom. The summed E-state index contributed by atoms with van der Waals surface area (Å²) in [5.41, 5.74) is 0.768. The number of nitrogens with zero attached hydrogens (tertiary/aromatic N) is 1. The van der Waals surface area contributed by atoms with Gasteiger partial charge in [-0.05, 0) is 94.5 Å². The number of allylic oxidation sites excluding steroid dienone is 2. The maximum Gasteiger partial charge on any atom is 0.325 e. The Bertz CT molecular complexity index is 944. The van der Waals surface area contributed by atoms with Crippen LogP contribution in [0.5, 0.6) is 0 Å². The molecule has 0 aromatic rings. The van der Waals surface area contributed by atoms with Gasteiger partial charge in [-0.1, -0.05) is 24.6 Å². The summed E-state index contributed by atoms with van der Waals surface area (Å²) in [4.78, 5) is 40.3. The highest BCUT2D eigenvalue weighted by Crippen LogP contribution is 2.67. The molecule has 4 rings (SSSR count). The number of aliphatic hydroxyl groups is 1. The predicted octanol–water partition coefficient (Wildman–Crippen LogP) is 3.23. The van der Waals surface area contributed by atoms with E-state index in [1.165, 1.54) is 12.5 Å². The molecule has 4 aliphatic carbocycles. The highest BCUT2D eigenvalue weighted by molar-refractivity contribution is 5.96. The van der Waals surface area contributed by atoms with Crippen LogP contribution in [0.4, 0.5) is 0 Å². The number of hydrogen-bond acceptors (Lipinski definition) is 6. The molecule has 3 fully saturated rings. The highest BCUT2D eigenvalue weighted by Gasteiger charge is 2.65. The largest absolute Gasteiger partial charge is 0.480 e. The van der Waals surface area contributed by atoms with Gasteiger partial charge in [0.15, 0.2) is 12.4 Å². The first-order chi connectivity index (χ1) is 15.9. The van der Waals surface area contributed by atoms with Crippen molar-refractivity contribution in [2.45, 2.75) is 90.7 Å². The van der Waals surface area contributed by atoms with Crippen molar-refractivity contribution in [3.63, 3.8) is 0 Å². The van der Waals surface area contributed by atoms with Gasteiger partial charge in [-0.15, -0.1) is 0 Å². The summed E-state index contributed by atoms with van der Waals surface area (Å²) in [6, 6.07) is -0.972. The van der Waals surface area contributed by atoms with E-state index in [2.05, 4.69) is 30.4 Å². The Balaban J connectivity index is 1.44. The lowest BCUT2D eigenvalue weighted by Gasteiger charge is -2.59. The van der Waals surface area contributed by atoms with Crippen molar-refractivity contribution in [1.29, 1.82) is 0 Å². The van der Waals surface area contributed by atoms with Gasteiger partial charge >= 0.3 is 5.97 Å². The van der Waals surface area contributed by atoms with Crippen molar-refractivity contribution < 1.29 is 29.4 Å². The molecule has 3 saturated carbocycles. The van der Waals surface area contributed by atoms with E-state index in [0.717, 1.165) is 50.7 Å². The normalized spacial score (nSPS) is 40.9. The third-order valence-electron chi connectivity index (χ3n) is 9.84. The van der Waals surface area contributed by atoms with Gasteiger partial charge in [0.25, 0.3) is 5.91 Å². The molecule has 0 aliphatic heterocycles. The first kappa shape index (κ1) is 24.9. The molecule has 0 spiro atoms. The smallest absolute Gasteiger partial charge is 0.325 e. The van der Waals surface area contributed by atoms with Gasteiger partial charge < -0.3 is 20.4 Å². The summed E-state index contributed by atoms with van der Waals surface area (Å²) < 4.78 is 0. The van der Waals surface area contributed by atoms with Gasteiger partial charge in [0.05, 0.1) is 5.71 Å². The van der Waals surface area contributed by atoms with Gasteiger partial charge in [0.1, 0.15) is 11.6 Å². The number of fused-ring (bicyclic) bond motifs is 5. The minimum absolute atomic E-state index is 0.0779. The van der Waals surface area contributed by atoms with Crippen LogP contribution < -0.4 is 5.32 Å². The lowest BCUT2D eigenvalue weighted by molar-refractivity contribution is -0.159. The topological polar surface area (TPSA) is 125 Å². The van der Waals surface area contributed by atoms with Crippen molar-refractivity contribution in [3.8, 4) is 0 Å². The molecule has 0 aromatic carbocycles. The Morgan fingerprint density at radius 2 is 1.85 bits per heavy atom. The van der Waals surface area contributed by atoms with E-state index < -0.39 is 23.5 Å². The molecule has 0 saturated heterocycles. The maximum absolute atomic E-state index is 12.4. The van der Waals surface area contributed by atoms with Gasteiger partial charge in [-0.2, -0.15) is 0 Å². The van der Waals surface area contributed by atoms with Crippen LogP contribution in [0.3, 0.4) is 0 Å². The molecule has 0 unspecified atom stereocenters. The first-order valence-electron chi connectivity index (χ1n) is 12.6. The van der Waals surface area contributed by atoms with Crippen molar-refractivity contribution in [3.05, 3.63) is 11.6 Å². The summed E-state index contributed by atoms with van der Waals surface area (Å²) in [5.74, 6) is -0.264. The van der Waals surface area contributed by atoms with Crippen LogP contribution in [0.2, 0.25) is 0 Å². The van der Waals surface area contributed by atoms with E-state index in [9.17, 15) is 19.5 Å². The Kier molecular flexibility index (Phi) is 6.42. The second kappa shape index (κ2) is 8.77. The van der Waals surface area contributed by atoms with Crippen molar-refractivity contribution >= 4 is 23.4 Å². The number of carbonyl (C=O) groups excluding carboxylic acids is 2. The first-order valence-corrected chi connectivity index (χ1v) is 12.6. The molecular weight excluding hydrogens is 436 g/mol. The Morgan fingerprint density at radius 1 is 1.15 bits per heavy atom. The molecule has 7 atom stereocenters. The number of oxime groups is 1. The number of nitrogens with one attached hydrogen (secondary N) is 1. The van der Waals surface area contributed by atoms with E-state index >= 15 is 0 Å². The number of amides is 1. The van der Waals surface area contributed by atoms with Gasteiger partial charge in [0.2, 0.25) is 0 Å². The number of carboxylic acids is 1. The zero-order chi connectivity index (χ0) is 24.9. The molecule has 4 aliphatic rings. The van der Waals surface area contributed by atoms with Gasteiger partial charge in [-0.3, -0.25) is 14.4 Å². The number of carboxylic acid groups (broad SMARTS) is 1. The quantitative estimate of drug-likeness (QED) is 0.508. The third-order valence-corrected chi connectivity index (χ3v) is 9.84. The number of ketones is 1. The van der Waals surface area contributed by atoms with E-state index in [1.807, 2.05) is 0 Å². The fourth-order valence-electron chi connectivity index (χ4n) is 7.76. The Hall–Kier alpha value is -2.22. The van der Waals surface area contributed by atoms with E-state index in [1.54, 1.807) is 6.92 Å². The fourth-order valence-corrected chi connectivity index (χ4v) is 7.76. The molecule has 1 amide bonds. The summed E-state index contributed by atoms with van der Waals surface area (Å²) >= 11 is 0.